The van der Waals surface area contributed by atoms with Gasteiger partial charge in [0.25, 0.3) is 5.91 Å². The molecule has 0 spiro atoms. The minimum absolute atomic E-state index is 0.125. The first-order valence-electron chi connectivity index (χ1n) is 8.63. The zero-order valence-electron chi connectivity index (χ0n) is 15.7. The number of thiophene rings is 1. The number of ether oxygens (including phenoxy) is 2. The summed E-state index contributed by atoms with van der Waals surface area (Å²) in [4.78, 5) is 25.1. The van der Waals surface area contributed by atoms with E-state index in [-0.39, 0.29) is 17.1 Å². The molecule has 3 aromatic rings. The number of para-hydroxylation sites is 1. The molecule has 0 saturated heterocycles. The van der Waals surface area contributed by atoms with Crippen molar-refractivity contribution in [2.75, 3.05) is 12.4 Å². The molecule has 150 valence electrons. The summed E-state index contributed by atoms with van der Waals surface area (Å²) < 4.78 is 10.7. The molecule has 6 nitrogen and oxygen atoms in total. The number of hydrogen-bond donors (Lipinski definition) is 1. The molecule has 0 aliphatic heterocycles. The molecule has 0 bridgehead atoms. The van der Waals surface area contributed by atoms with E-state index in [1.54, 1.807) is 53.9 Å². The molecular weight excluding hydrogens is 424 g/mol. The van der Waals surface area contributed by atoms with Crippen molar-refractivity contribution in [3.8, 4) is 17.6 Å². The SMILES string of the molecule is COc1cc(/C=C(\C#N)C(=O)Nc2ccccc2Cl)ccc1OC(=O)c1cccs1. The van der Waals surface area contributed by atoms with Gasteiger partial charge in [-0.25, -0.2) is 4.79 Å². The largest absolute Gasteiger partial charge is 0.493 e. The number of halogens is 1. The number of carbonyl (C=O) groups excluding carboxylic acids is 2. The number of anilines is 1. The second kappa shape index (κ2) is 9.74. The van der Waals surface area contributed by atoms with Gasteiger partial charge in [0.1, 0.15) is 16.5 Å². The van der Waals surface area contributed by atoms with Crippen molar-refractivity contribution in [3.63, 3.8) is 0 Å². The maximum Gasteiger partial charge on any atom is 0.353 e. The number of esters is 1. The summed E-state index contributed by atoms with van der Waals surface area (Å²) >= 11 is 7.31. The predicted octanol–water partition coefficient (Wildman–Crippen LogP) is 5.17. The molecule has 1 aromatic heterocycles. The van der Waals surface area contributed by atoms with Crippen LogP contribution in [0.15, 0.2) is 65.6 Å². The van der Waals surface area contributed by atoms with Crippen LogP contribution in [-0.4, -0.2) is 19.0 Å². The smallest absolute Gasteiger partial charge is 0.353 e. The molecule has 0 aliphatic carbocycles. The number of nitriles is 1. The highest BCUT2D eigenvalue weighted by molar-refractivity contribution is 7.12. The van der Waals surface area contributed by atoms with Gasteiger partial charge in [0.2, 0.25) is 0 Å². The Bertz CT molecular complexity index is 1150. The number of rotatable bonds is 6. The normalized spacial score (nSPS) is 10.8. The lowest BCUT2D eigenvalue weighted by atomic mass is 10.1. The molecular formula is C22H15ClN2O4S. The Kier molecular flexibility index (Phi) is 6.86. The van der Waals surface area contributed by atoms with Crippen molar-refractivity contribution in [2.24, 2.45) is 0 Å². The van der Waals surface area contributed by atoms with E-state index >= 15 is 0 Å². The average Bonchev–Trinajstić information content (AvgIpc) is 3.29. The molecule has 1 N–H and O–H groups in total. The summed E-state index contributed by atoms with van der Waals surface area (Å²) in [6.45, 7) is 0. The average molecular weight is 439 g/mol. The van der Waals surface area contributed by atoms with Crippen LogP contribution in [0, 0.1) is 11.3 Å². The van der Waals surface area contributed by atoms with Crippen molar-refractivity contribution >= 4 is 46.6 Å². The second-order valence-electron chi connectivity index (χ2n) is 5.88. The van der Waals surface area contributed by atoms with Gasteiger partial charge in [-0.1, -0.05) is 35.9 Å². The molecule has 0 saturated carbocycles. The van der Waals surface area contributed by atoms with E-state index in [0.717, 1.165) is 0 Å². The third-order valence-corrected chi connectivity index (χ3v) is 5.09. The molecule has 0 unspecified atom stereocenters. The van der Waals surface area contributed by atoms with Crippen LogP contribution >= 0.6 is 22.9 Å². The molecule has 3 rings (SSSR count). The van der Waals surface area contributed by atoms with Crippen LogP contribution in [-0.2, 0) is 4.79 Å². The third-order valence-electron chi connectivity index (χ3n) is 3.91. The van der Waals surface area contributed by atoms with Crippen molar-refractivity contribution in [1.82, 2.24) is 0 Å². The Morgan fingerprint density at radius 1 is 1.13 bits per heavy atom. The maximum atomic E-state index is 12.4. The number of nitrogens with one attached hydrogen (secondary N) is 1. The van der Waals surface area contributed by atoms with Crippen LogP contribution < -0.4 is 14.8 Å². The van der Waals surface area contributed by atoms with Crippen molar-refractivity contribution in [1.29, 1.82) is 5.26 Å². The summed E-state index contributed by atoms with van der Waals surface area (Å²) in [5.41, 5.74) is 0.799. The monoisotopic (exact) mass is 438 g/mol. The molecule has 8 heteroatoms. The van der Waals surface area contributed by atoms with E-state index in [4.69, 9.17) is 21.1 Å². The molecule has 30 heavy (non-hydrogen) atoms. The standard InChI is InChI=1S/C22H15ClN2O4S/c1-28-19-12-14(8-9-18(19)29-22(27)20-7-4-10-30-20)11-15(13-24)21(26)25-17-6-3-2-5-16(17)23/h2-12H,1H3,(H,25,26)/b15-11+. The number of benzene rings is 2. The zero-order chi connectivity index (χ0) is 21.5. The Balaban J connectivity index is 1.81. The topological polar surface area (TPSA) is 88.4 Å². The van der Waals surface area contributed by atoms with Crippen LogP contribution in [0.3, 0.4) is 0 Å². The van der Waals surface area contributed by atoms with E-state index in [1.165, 1.54) is 30.6 Å². The molecule has 0 radical (unpaired) electrons. The van der Waals surface area contributed by atoms with Gasteiger partial charge < -0.3 is 14.8 Å². The van der Waals surface area contributed by atoms with Crippen LogP contribution in [0.1, 0.15) is 15.2 Å². The fraction of sp³-hybridized carbons (Fsp3) is 0.0455. The van der Waals surface area contributed by atoms with Gasteiger partial charge in [-0.15, -0.1) is 11.3 Å². The van der Waals surface area contributed by atoms with Gasteiger partial charge in [0.15, 0.2) is 11.5 Å². The van der Waals surface area contributed by atoms with Gasteiger partial charge >= 0.3 is 5.97 Å². The van der Waals surface area contributed by atoms with Crippen LogP contribution in [0.25, 0.3) is 6.08 Å². The Morgan fingerprint density at radius 3 is 2.60 bits per heavy atom. The Labute approximate surface area is 181 Å². The van der Waals surface area contributed by atoms with Gasteiger partial charge in [-0.05, 0) is 47.4 Å². The molecule has 0 atom stereocenters. The second-order valence-corrected chi connectivity index (χ2v) is 7.24. The maximum absolute atomic E-state index is 12.4. The predicted molar refractivity (Wildman–Crippen MR) is 116 cm³/mol. The summed E-state index contributed by atoms with van der Waals surface area (Å²) in [7, 11) is 1.43. The van der Waals surface area contributed by atoms with Crippen molar-refractivity contribution in [2.45, 2.75) is 0 Å². The van der Waals surface area contributed by atoms with Gasteiger partial charge in [0, 0.05) is 0 Å². The highest BCUT2D eigenvalue weighted by Crippen LogP contribution is 2.30. The number of carbonyl (C=O) groups is 2. The lowest BCUT2D eigenvalue weighted by Gasteiger charge is -2.10. The van der Waals surface area contributed by atoms with Gasteiger partial charge in [0.05, 0.1) is 17.8 Å². The molecule has 1 amide bonds. The van der Waals surface area contributed by atoms with Gasteiger partial charge in [-0.3, -0.25) is 4.79 Å². The number of methoxy groups -OCH3 is 1. The highest BCUT2D eigenvalue weighted by atomic mass is 35.5. The molecule has 0 fully saturated rings. The lowest BCUT2D eigenvalue weighted by molar-refractivity contribution is -0.112. The highest BCUT2D eigenvalue weighted by Gasteiger charge is 2.15. The fourth-order valence-electron chi connectivity index (χ4n) is 2.47. The first-order valence-corrected chi connectivity index (χ1v) is 9.89. The van der Waals surface area contributed by atoms with Crippen LogP contribution in [0.4, 0.5) is 5.69 Å². The van der Waals surface area contributed by atoms with Crippen molar-refractivity contribution < 1.29 is 19.1 Å². The zero-order valence-corrected chi connectivity index (χ0v) is 17.3. The van der Waals surface area contributed by atoms with E-state index in [9.17, 15) is 14.9 Å². The minimum atomic E-state index is -0.599. The van der Waals surface area contributed by atoms with E-state index in [2.05, 4.69) is 5.32 Å². The summed E-state index contributed by atoms with van der Waals surface area (Å²) in [6.07, 6.45) is 1.40. The van der Waals surface area contributed by atoms with Crippen LogP contribution in [0.2, 0.25) is 5.02 Å². The Morgan fingerprint density at radius 2 is 1.93 bits per heavy atom. The summed E-state index contributed by atoms with van der Waals surface area (Å²) in [6, 6.07) is 16.7. The van der Waals surface area contributed by atoms with E-state index < -0.39 is 11.9 Å². The number of amides is 1. The number of nitrogens with zero attached hydrogens (tertiary/aromatic N) is 1. The summed E-state index contributed by atoms with van der Waals surface area (Å²) in [5.74, 6) is -0.578. The van der Waals surface area contributed by atoms with Crippen molar-refractivity contribution in [3.05, 3.63) is 81.0 Å². The summed E-state index contributed by atoms with van der Waals surface area (Å²) in [5, 5.41) is 14.1. The molecule has 0 aliphatic rings. The quantitative estimate of drug-likeness (QED) is 0.248. The number of hydrogen-bond acceptors (Lipinski definition) is 6. The first-order chi connectivity index (χ1) is 14.5. The first kappa shape index (κ1) is 21.1. The lowest BCUT2D eigenvalue weighted by Crippen LogP contribution is -2.13. The van der Waals surface area contributed by atoms with Gasteiger partial charge in [-0.2, -0.15) is 5.26 Å². The van der Waals surface area contributed by atoms with E-state index in [0.29, 0.717) is 21.2 Å². The Hall–Kier alpha value is -3.60. The molecule has 2 aromatic carbocycles. The molecule has 1 heterocycles. The fourth-order valence-corrected chi connectivity index (χ4v) is 3.25. The minimum Gasteiger partial charge on any atom is -0.493 e. The van der Waals surface area contributed by atoms with E-state index in [1.807, 2.05) is 6.07 Å². The van der Waals surface area contributed by atoms with Crippen LogP contribution in [0.5, 0.6) is 11.5 Å². The third kappa shape index (κ3) is 5.06.